The van der Waals surface area contributed by atoms with Crippen LogP contribution in [0.15, 0.2) is 47.6 Å². The molecule has 118 valence electrons. The van der Waals surface area contributed by atoms with E-state index >= 15 is 0 Å². The molecule has 4 aliphatic rings. The molecule has 4 atom stereocenters. The lowest BCUT2D eigenvalue weighted by Crippen LogP contribution is -2.26. The summed E-state index contributed by atoms with van der Waals surface area (Å²) in [5.74, 6) is 2.47. The summed E-state index contributed by atoms with van der Waals surface area (Å²) in [6.07, 6.45) is 27.0. The Balaban J connectivity index is 1.69. The van der Waals surface area contributed by atoms with E-state index < -0.39 is 0 Å². The number of hydrogen-bond acceptors (Lipinski definition) is 0. The molecule has 0 saturated heterocycles. The van der Waals surface area contributed by atoms with E-state index in [0.717, 1.165) is 17.8 Å². The van der Waals surface area contributed by atoms with Crippen molar-refractivity contribution in [2.24, 2.45) is 23.2 Å². The fraction of sp³-hybridized carbons (Fsp3) is 0.636. The minimum Gasteiger partial charge on any atom is -0.0882 e. The van der Waals surface area contributed by atoms with Crippen molar-refractivity contribution in [2.45, 2.75) is 64.7 Å². The van der Waals surface area contributed by atoms with Gasteiger partial charge in [-0.05, 0) is 75.5 Å². The summed E-state index contributed by atoms with van der Waals surface area (Å²) >= 11 is 0. The fourth-order valence-corrected chi connectivity index (χ4v) is 5.52. The lowest BCUT2D eigenvalue weighted by Gasteiger charge is -2.36. The van der Waals surface area contributed by atoms with Crippen LogP contribution in [-0.2, 0) is 0 Å². The Hall–Kier alpha value is -1.04. The van der Waals surface area contributed by atoms with Gasteiger partial charge in [0.25, 0.3) is 0 Å². The first kappa shape index (κ1) is 14.5. The average molecular weight is 294 g/mol. The second-order valence-corrected chi connectivity index (χ2v) is 7.96. The predicted molar refractivity (Wildman–Crippen MR) is 94.6 cm³/mol. The van der Waals surface area contributed by atoms with E-state index in [4.69, 9.17) is 0 Å². The van der Waals surface area contributed by atoms with E-state index in [-0.39, 0.29) is 0 Å². The minimum atomic E-state index is 0.508. The van der Waals surface area contributed by atoms with Crippen LogP contribution in [0.2, 0.25) is 0 Å². The van der Waals surface area contributed by atoms with Crippen molar-refractivity contribution < 1.29 is 0 Å². The van der Waals surface area contributed by atoms with E-state index in [0.29, 0.717) is 5.41 Å². The van der Waals surface area contributed by atoms with Crippen LogP contribution in [0.3, 0.4) is 0 Å². The van der Waals surface area contributed by atoms with Gasteiger partial charge in [0.1, 0.15) is 0 Å². The Kier molecular flexibility index (Phi) is 3.88. The van der Waals surface area contributed by atoms with E-state index in [9.17, 15) is 0 Å². The summed E-state index contributed by atoms with van der Waals surface area (Å²) in [5.41, 5.74) is 4.10. The van der Waals surface area contributed by atoms with Gasteiger partial charge in [-0.25, -0.2) is 0 Å². The molecule has 4 aliphatic carbocycles. The van der Waals surface area contributed by atoms with Crippen molar-refractivity contribution in [3.8, 4) is 0 Å². The summed E-state index contributed by atoms with van der Waals surface area (Å²) in [5, 5.41) is 0. The zero-order chi connectivity index (χ0) is 15.0. The summed E-state index contributed by atoms with van der Waals surface area (Å²) < 4.78 is 0. The van der Waals surface area contributed by atoms with E-state index in [1.165, 1.54) is 57.8 Å². The van der Waals surface area contributed by atoms with Gasteiger partial charge >= 0.3 is 0 Å². The predicted octanol–water partition coefficient (Wildman–Crippen LogP) is 6.37. The number of hydrogen-bond donors (Lipinski definition) is 0. The van der Waals surface area contributed by atoms with Crippen LogP contribution in [-0.4, -0.2) is 0 Å². The maximum absolute atomic E-state index is 2.65. The molecule has 0 aromatic heterocycles. The zero-order valence-corrected chi connectivity index (χ0v) is 14.1. The molecule has 0 heteroatoms. The second kappa shape index (κ2) is 5.87. The number of allylic oxidation sites excluding steroid dienone is 8. The highest BCUT2D eigenvalue weighted by Crippen LogP contribution is 2.69. The molecule has 0 spiro atoms. The van der Waals surface area contributed by atoms with Gasteiger partial charge in [0.15, 0.2) is 0 Å². The largest absolute Gasteiger partial charge is 0.0882 e. The Morgan fingerprint density at radius 2 is 1.95 bits per heavy atom. The van der Waals surface area contributed by atoms with Gasteiger partial charge in [0.05, 0.1) is 0 Å². The molecule has 1 saturated carbocycles. The first-order valence-corrected chi connectivity index (χ1v) is 9.55. The number of rotatable bonds is 3. The molecule has 4 rings (SSSR count). The van der Waals surface area contributed by atoms with Crippen molar-refractivity contribution in [3.63, 3.8) is 0 Å². The highest BCUT2D eigenvalue weighted by atomic mass is 14.6. The van der Waals surface area contributed by atoms with E-state index in [1.807, 2.05) is 5.57 Å². The fourth-order valence-electron chi connectivity index (χ4n) is 5.52. The highest BCUT2D eigenvalue weighted by molar-refractivity contribution is 5.40. The molecule has 0 aliphatic heterocycles. The third-order valence-electron chi connectivity index (χ3n) is 6.69. The van der Waals surface area contributed by atoms with Crippen molar-refractivity contribution in [2.75, 3.05) is 0 Å². The molecular formula is C22H30. The molecule has 0 N–H and O–H groups in total. The van der Waals surface area contributed by atoms with Gasteiger partial charge in [-0.3, -0.25) is 0 Å². The van der Waals surface area contributed by atoms with Crippen molar-refractivity contribution in [1.29, 1.82) is 0 Å². The SMILES string of the molecule is C[C@H]1CCCC=C1C1(C2C=CCCC2)CC1C1=CC=CCC1. The third kappa shape index (κ3) is 2.36. The molecule has 0 bridgehead atoms. The standard InChI is InChI=1S/C22H30/c1-17-10-8-9-15-20(17)22(19-13-6-3-7-14-19)16-21(22)18-11-4-2-5-12-18/h2,4,6,11,13,15,17,19,21H,3,5,7-10,12,14,16H2,1H3/t17-,19?,21?,22?/m0/s1. The maximum atomic E-state index is 2.65. The van der Waals surface area contributed by atoms with Crippen molar-refractivity contribution in [3.05, 3.63) is 47.6 Å². The van der Waals surface area contributed by atoms with Gasteiger partial charge in [-0.1, -0.05) is 54.5 Å². The first-order chi connectivity index (χ1) is 10.8. The van der Waals surface area contributed by atoms with E-state index in [2.05, 4.69) is 43.4 Å². The molecule has 1 fully saturated rings. The Morgan fingerprint density at radius 3 is 2.68 bits per heavy atom. The van der Waals surface area contributed by atoms with E-state index in [1.54, 1.807) is 5.57 Å². The zero-order valence-electron chi connectivity index (χ0n) is 14.1. The summed E-state index contributed by atoms with van der Waals surface area (Å²) in [7, 11) is 0. The molecular weight excluding hydrogens is 264 g/mol. The van der Waals surface area contributed by atoms with Crippen LogP contribution >= 0.6 is 0 Å². The molecule has 0 nitrogen and oxygen atoms in total. The van der Waals surface area contributed by atoms with Crippen molar-refractivity contribution in [1.82, 2.24) is 0 Å². The quantitative estimate of drug-likeness (QED) is 0.530. The van der Waals surface area contributed by atoms with Gasteiger partial charge in [0.2, 0.25) is 0 Å². The Labute approximate surface area is 136 Å². The summed E-state index contributed by atoms with van der Waals surface area (Å²) in [6, 6.07) is 0. The third-order valence-corrected chi connectivity index (χ3v) is 6.69. The lowest BCUT2D eigenvalue weighted by atomic mass is 9.68. The highest BCUT2D eigenvalue weighted by Gasteiger charge is 2.61. The second-order valence-electron chi connectivity index (χ2n) is 7.96. The first-order valence-electron chi connectivity index (χ1n) is 9.55. The van der Waals surface area contributed by atoms with Gasteiger partial charge in [-0.15, -0.1) is 0 Å². The van der Waals surface area contributed by atoms with Crippen LogP contribution in [0.1, 0.15) is 64.7 Å². The topological polar surface area (TPSA) is 0 Å². The lowest BCUT2D eigenvalue weighted by molar-refractivity contribution is 0.322. The van der Waals surface area contributed by atoms with Crippen molar-refractivity contribution >= 4 is 0 Å². The smallest absolute Gasteiger partial charge is 0.00490 e. The Bertz CT molecular complexity index is 544. The van der Waals surface area contributed by atoms with Crippen LogP contribution in [0.4, 0.5) is 0 Å². The molecule has 0 aromatic carbocycles. The molecule has 0 radical (unpaired) electrons. The molecule has 3 unspecified atom stereocenters. The summed E-state index contributed by atoms with van der Waals surface area (Å²) in [4.78, 5) is 0. The maximum Gasteiger partial charge on any atom is 0.00490 e. The van der Waals surface area contributed by atoms with Gasteiger partial charge in [0, 0.05) is 5.41 Å². The normalized spacial score (nSPS) is 41.0. The molecule has 0 amide bonds. The monoisotopic (exact) mass is 294 g/mol. The molecule has 0 heterocycles. The molecule has 22 heavy (non-hydrogen) atoms. The van der Waals surface area contributed by atoms with Crippen LogP contribution in [0.25, 0.3) is 0 Å². The Morgan fingerprint density at radius 1 is 1.05 bits per heavy atom. The van der Waals surface area contributed by atoms with Gasteiger partial charge < -0.3 is 0 Å². The summed E-state index contributed by atoms with van der Waals surface area (Å²) in [6.45, 7) is 2.49. The minimum absolute atomic E-state index is 0.508. The van der Waals surface area contributed by atoms with Crippen LogP contribution in [0, 0.1) is 23.2 Å². The van der Waals surface area contributed by atoms with Crippen LogP contribution in [0.5, 0.6) is 0 Å². The molecule has 0 aromatic rings. The van der Waals surface area contributed by atoms with Gasteiger partial charge in [-0.2, -0.15) is 0 Å². The van der Waals surface area contributed by atoms with Crippen LogP contribution < -0.4 is 0 Å². The average Bonchev–Trinajstić information content (AvgIpc) is 3.34.